The van der Waals surface area contributed by atoms with E-state index in [0.717, 1.165) is 7.11 Å². The van der Waals surface area contributed by atoms with Gasteiger partial charge in [-0.1, -0.05) is 12.1 Å². The summed E-state index contributed by atoms with van der Waals surface area (Å²) in [7, 11) is 1.13. The van der Waals surface area contributed by atoms with Gasteiger partial charge in [-0.3, -0.25) is 10.1 Å². The second-order valence-corrected chi connectivity index (χ2v) is 2.93. The fourth-order valence-corrected chi connectivity index (χ4v) is 1.34. The van der Waals surface area contributed by atoms with Gasteiger partial charge < -0.3 is 9.53 Å². The molecule has 0 unspecified atom stereocenters. The number of carbonyl (C=O) groups is 2. The Morgan fingerprint density at radius 1 is 1.56 bits per heavy atom. The lowest BCUT2D eigenvalue weighted by Crippen LogP contribution is -2.09. The topological polar surface area (TPSA) is 86.5 Å². The summed E-state index contributed by atoms with van der Waals surface area (Å²) in [6.07, 6.45) is 0.512. The first-order valence-electron chi connectivity index (χ1n) is 4.40. The molecule has 0 N–H and O–H groups in total. The molecule has 0 amide bonds. The number of nitro groups is 1. The van der Waals surface area contributed by atoms with Gasteiger partial charge in [0.15, 0.2) is 0 Å². The molecule has 0 radical (unpaired) electrons. The summed E-state index contributed by atoms with van der Waals surface area (Å²) in [5.41, 5.74) is -0.232. The van der Waals surface area contributed by atoms with Gasteiger partial charge in [-0.2, -0.15) is 0 Å². The van der Waals surface area contributed by atoms with Crippen molar-refractivity contribution in [2.45, 2.75) is 6.42 Å². The number of aldehydes is 1. The molecular weight excluding hydrogens is 214 g/mol. The van der Waals surface area contributed by atoms with Gasteiger partial charge in [0.2, 0.25) is 0 Å². The second kappa shape index (κ2) is 5.01. The quantitative estimate of drug-likeness (QED) is 0.330. The van der Waals surface area contributed by atoms with Gasteiger partial charge in [0.05, 0.1) is 12.0 Å². The standard InChI is InChI=1S/C10H9NO5/c1-16-10(13)9-7(5-6-12)3-2-4-8(9)11(14)15/h2-4,6H,5H2,1H3. The number of nitro benzene ring substituents is 1. The van der Waals surface area contributed by atoms with Crippen molar-refractivity contribution in [3.05, 3.63) is 39.4 Å². The van der Waals surface area contributed by atoms with Gasteiger partial charge in [-0.05, 0) is 5.56 Å². The van der Waals surface area contributed by atoms with Crippen LogP contribution in [0.2, 0.25) is 0 Å². The average Bonchev–Trinajstić information content (AvgIpc) is 2.28. The Morgan fingerprint density at radius 2 is 2.25 bits per heavy atom. The molecule has 0 aliphatic rings. The van der Waals surface area contributed by atoms with E-state index >= 15 is 0 Å². The number of nitrogens with zero attached hydrogens (tertiary/aromatic N) is 1. The molecule has 0 aromatic heterocycles. The molecule has 0 saturated heterocycles. The van der Waals surface area contributed by atoms with Crippen molar-refractivity contribution >= 4 is 17.9 Å². The Hall–Kier alpha value is -2.24. The Morgan fingerprint density at radius 3 is 2.75 bits per heavy atom. The SMILES string of the molecule is COC(=O)c1c(CC=O)cccc1[N+](=O)[O-]. The van der Waals surface area contributed by atoms with E-state index < -0.39 is 10.9 Å². The average molecular weight is 223 g/mol. The predicted octanol–water partition coefficient (Wildman–Crippen LogP) is 1.12. The number of carbonyl (C=O) groups excluding carboxylic acids is 2. The molecule has 0 saturated carbocycles. The predicted molar refractivity (Wildman–Crippen MR) is 54.2 cm³/mol. The zero-order valence-corrected chi connectivity index (χ0v) is 8.50. The van der Waals surface area contributed by atoms with Gasteiger partial charge in [0.1, 0.15) is 11.8 Å². The summed E-state index contributed by atoms with van der Waals surface area (Å²) in [6.45, 7) is 0. The first-order valence-corrected chi connectivity index (χ1v) is 4.40. The Balaban J connectivity index is 3.39. The highest BCUT2D eigenvalue weighted by atomic mass is 16.6. The van der Waals surface area contributed by atoms with Gasteiger partial charge in [0, 0.05) is 12.5 Å². The summed E-state index contributed by atoms with van der Waals surface area (Å²) in [4.78, 5) is 31.8. The zero-order chi connectivity index (χ0) is 12.1. The molecule has 1 aromatic carbocycles. The van der Waals surface area contributed by atoms with Gasteiger partial charge in [-0.25, -0.2) is 4.79 Å². The molecule has 6 heteroatoms. The van der Waals surface area contributed by atoms with Crippen LogP contribution in [0.5, 0.6) is 0 Å². The van der Waals surface area contributed by atoms with E-state index in [2.05, 4.69) is 4.74 Å². The molecule has 0 bridgehead atoms. The third-order valence-electron chi connectivity index (χ3n) is 2.02. The summed E-state index contributed by atoms with van der Waals surface area (Å²) in [6, 6.07) is 4.09. The van der Waals surface area contributed by atoms with E-state index in [-0.39, 0.29) is 23.2 Å². The van der Waals surface area contributed by atoms with Gasteiger partial charge in [0.25, 0.3) is 5.69 Å². The highest BCUT2D eigenvalue weighted by Crippen LogP contribution is 2.23. The molecule has 0 fully saturated rings. The monoisotopic (exact) mass is 223 g/mol. The van der Waals surface area contributed by atoms with Crippen LogP contribution in [0.1, 0.15) is 15.9 Å². The van der Waals surface area contributed by atoms with Gasteiger partial charge >= 0.3 is 5.97 Å². The van der Waals surface area contributed by atoms with Crippen LogP contribution in [-0.4, -0.2) is 24.3 Å². The van der Waals surface area contributed by atoms with E-state index in [1.807, 2.05) is 0 Å². The van der Waals surface area contributed by atoms with Crippen molar-refractivity contribution in [3.63, 3.8) is 0 Å². The Bertz CT molecular complexity index is 441. The number of hydrogen-bond acceptors (Lipinski definition) is 5. The van der Waals surface area contributed by atoms with Crippen LogP contribution in [0.4, 0.5) is 5.69 Å². The van der Waals surface area contributed by atoms with Crippen LogP contribution in [0.15, 0.2) is 18.2 Å². The van der Waals surface area contributed by atoms with Crippen molar-refractivity contribution in [1.82, 2.24) is 0 Å². The molecule has 84 valence electrons. The second-order valence-electron chi connectivity index (χ2n) is 2.93. The van der Waals surface area contributed by atoms with E-state index in [4.69, 9.17) is 0 Å². The van der Waals surface area contributed by atoms with Crippen LogP contribution >= 0.6 is 0 Å². The normalized spacial score (nSPS) is 9.56. The molecule has 1 aromatic rings. The first-order chi connectivity index (χ1) is 7.61. The minimum absolute atomic E-state index is 0.0634. The summed E-state index contributed by atoms with van der Waals surface area (Å²) >= 11 is 0. The van der Waals surface area contributed by atoms with Crippen molar-refractivity contribution in [3.8, 4) is 0 Å². The fourth-order valence-electron chi connectivity index (χ4n) is 1.34. The summed E-state index contributed by atoms with van der Waals surface area (Å²) < 4.78 is 4.45. The molecule has 0 spiro atoms. The smallest absolute Gasteiger partial charge is 0.345 e. The number of rotatable bonds is 4. The van der Waals surface area contributed by atoms with Crippen molar-refractivity contribution < 1.29 is 19.2 Å². The number of hydrogen-bond donors (Lipinski definition) is 0. The van der Waals surface area contributed by atoms with Crippen LogP contribution in [0.25, 0.3) is 0 Å². The Labute approximate surface area is 91.0 Å². The lowest BCUT2D eigenvalue weighted by molar-refractivity contribution is -0.385. The first kappa shape index (κ1) is 11.8. The van der Waals surface area contributed by atoms with Crippen molar-refractivity contribution in [1.29, 1.82) is 0 Å². The van der Waals surface area contributed by atoms with Gasteiger partial charge in [-0.15, -0.1) is 0 Å². The number of esters is 1. The number of methoxy groups -OCH3 is 1. The van der Waals surface area contributed by atoms with E-state index in [1.165, 1.54) is 18.2 Å². The van der Waals surface area contributed by atoms with Crippen LogP contribution in [0, 0.1) is 10.1 Å². The van der Waals surface area contributed by atoms with E-state index in [9.17, 15) is 19.7 Å². The molecule has 0 aliphatic heterocycles. The molecule has 6 nitrogen and oxygen atoms in total. The lowest BCUT2D eigenvalue weighted by atomic mass is 10.0. The van der Waals surface area contributed by atoms with Crippen LogP contribution in [-0.2, 0) is 16.0 Å². The third-order valence-corrected chi connectivity index (χ3v) is 2.02. The highest BCUT2D eigenvalue weighted by molar-refractivity contribution is 5.96. The van der Waals surface area contributed by atoms with E-state index in [0.29, 0.717) is 6.29 Å². The Kier molecular flexibility index (Phi) is 3.71. The molecular formula is C10H9NO5. The summed E-state index contributed by atoms with van der Waals surface area (Å²) in [5, 5.41) is 10.7. The van der Waals surface area contributed by atoms with Crippen LogP contribution in [0.3, 0.4) is 0 Å². The van der Waals surface area contributed by atoms with Crippen molar-refractivity contribution in [2.24, 2.45) is 0 Å². The molecule has 16 heavy (non-hydrogen) atoms. The molecule has 0 atom stereocenters. The number of ether oxygens (including phenoxy) is 1. The third kappa shape index (κ3) is 2.22. The maximum Gasteiger partial charge on any atom is 0.345 e. The minimum atomic E-state index is -0.816. The minimum Gasteiger partial charge on any atom is -0.465 e. The fraction of sp³-hybridized carbons (Fsp3) is 0.200. The lowest BCUT2D eigenvalue weighted by Gasteiger charge is -2.05. The van der Waals surface area contributed by atoms with Crippen molar-refractivity contribution in [2.75, 3.05) is 7.11 Å². The number of benzene rings is 1. The maximum absolute atomic E-state index is 11.4. The largest absolute Gasteiger partial charge is 0.465 e. The van der Waals surface area contributed by atoms with E-state index in [1.54, 1.807) is 0 Å². The zero-order valence-electron chi connectivity index (χ0n) is 8.50. The molecule has 1 rings (SSSR count). The molecule has 0 heterocycles. The maximum atomic E-state index is 11.4. The molecule has 0 aliphatic carbocycles. The van der Waals surface area contributed by atoms with Crippen LogP contribution < -0.4 is 0 Å². The summed E-state index contributed by atoms with van der Waals surface area (Å²) in [5.74, 6) is -0.816. The highest BCUT2D eigenvalue weighted by Gasteiger charge is 2.23.